The van der Waals surface area contributed by atoms with Crippen LogP contribution in [0.5, 0.6) is 0 Å². The SMILES string of the molecule is O=C(CN1CCOC(CO)C1)N1CCc2ccccc21. The van der Waals surface area contributed by atoms with Crippen molar-refractivity contribution in [3.63, 3.8) is 0 Å². The molecule has 1 unspecified atom stereocenters. The second-order valence-electron chi connectivity index (χ2n) is 5.33. The smallest absolute Gasteiger partial charge is 0.241 e. The molecule has 108 valence electrons. The minimum Gasteiger partial charge on any atom is -0.394 e. The number of aliphatic hydroxyl groups excluding tert-OH is 1. The van der Waals surface area contributed by atoms with Crippen LogP contribution in [0.4, 0.5) is 5.69 Å². The molecule has 0 aliphatic carbocycles. The van der Waals surface area contributed by atoms with Gasteiger partial charge in [-0.2, -0.15) is 0 Å². The molecule has 2 heterocycles. The third kappa shape index (κ3) is 2.70. The Labute approximate surface area is 118 Å². The van der Waals surface area contributed by atoms with Gasteiger partial charge in [0.1, 0.15) is 0 Å². The maximum absolute atomic E-state index is 12.5. The predicted molar refractivity (Wildman–Crippen MR) is 75.8 cm³/mol. The fraction of sp³-hybridized carbons (Fsp3) is 0.533. The number of morpholine rings is 1. The highest BCUT2D eigenvalue weighted by atomic mass is 16.5. The molecule has 0 bridgehead atoms. The summed E-state index contributed by atoms with van der Waals surface area (Å²) >= 11 is 0. The number of para-hydroxylation sites is 1. The number of ether oxygens (including phenoxy) is 1. The monoisotopic (exact) mass is 276 g/mol. The molecular formula is C15H20N2O3. The lowest BCUT2D eigenvalue weighted by Crippen LogP contribution is -2.48. The Balaban J connectivity index is 1.63. The summed E-state index contributed by atoms with van der Waals surface area (Å²) in [6, 6.07) is 8.08. The molecule has 1 atom stereocenters. The molecule has 2 aliphatic heterocycles. The average molecular weight is 276 g/mol. The van der Waals surface area contributed by atoms with Gasteiger partial charge in [-0.05, 0) is 18.1 Å². The number of hydrogen-bond acceptors (Lipinski definition) is 4. The first-order valence-corrected chi connectivity index (χ1v) is 7.11. The minimum absolute atomic E-state index is 0.0111. The highest BCUT2D eigenvalue weighted by Gasteiger charge is 2.27. The highest BCUT2D eigenvalue weighted by molar-refractivity contribution is 5.96. The van der Waals surface area contributed by atoms with Crippen LogP contribution in [-0.2, 0) is 16.0 Å². The lowest BCUT2D eigenvalue weighted by molar-refractivity contribution is -0.122. The summed E-state index contributed by atoms with van der Waals surface area (Å²) in [6.07, 6.45) is 0.770. The molecule has 0 radical (unpaired) electrons. The van der Waals surface area contributed by atoms with Gasteiger partial charge in [0.05, 0.1) is 25.9 Å². The van der Waals surface area contributed by atoms with Gasteiger partial charge in [0.25, 0.3) is 0 Å². The van der Waals surface area contributed by atoms with Crippen molar-refractivity contribution in [3.05, 3.63) is 29.8 Å². The molecule has 1 N–H and O–H groups in total. The molecule has 0 saturated carbocycles. The molecule has 5 nitrogen and oxygen atoms in total. The molecule has 3 rings (SSSR count). The Morgan fingerprint density at radius 3 is 3.05 bits per heavy atom. The molecule has 1 fully saturated rings. The molecule has 0 aromatic heterocycles. The van der Waals surface area contributed by atoms with E-state index in [9.17, 15) is 4.79 Å². The van der Waals surface area contributed by atoms with Crippen LogP contribution in [0.1, 0.15) is 5.56 Å². The lowest BCUT2D eigenvalue weighted by Gasteiger charge is -2.32. The van der Waals surface area contributed by atoms with E-state index >= 15 is 0 Å². The van der Waals surface area contributed by atoms with Crippen LogP contribution in [0.25, 0.3) is 0 Å². The van der Waals surface area contributed by atoms with E-state index in [2.05, 4.69) is 11.0 Å². The van der Waals surface area contributed by atoms with E-state index in [1.54, 1.807) is 0 Å². The standard InChI is InChI=1S/C15H20N2O3/c18-11-13-9-16(7-8-20-13)10-15(19)17-6-5-12-3-1-2-4-14(12)17/h1-4,13,18H,5-11H2. The second kappa shape index (κ2) is 5.91. The largest absolute Gasteiger partial charge is 0.394 e. The van der Waals surface area contributed by atoms with Gasteiger partial charge in [0.2, 0.25) is 5.91 Å². The Hall–Kier alpha value is -1.43. The molecule has 20 heavy (non-hydrogen) atoms. The van der Waals surface area contributed by atoms with Crippen LogP contribution in [-0.4, -0.2) is 61.4 Å². The van der Waals surface area contributed by atoms with Crippen molar-refractivity contribution >= 4 is 11.6 Å². The quantitative estimate of drug-likeness (QED) is 0.861. The van der Waals surface area contributed by atoms with Crippen LogP contribution in [0.15, 0.2) is 24.3 Å². The Morgan fingerprint density at radius 2 is 2.20 bits per heavy atom. The van der Waals surface area contributed by atoms with Crippen molar-refractivity contribution < 1.29 is 14.6 Å². The normalized spacial score (nSPS) is 22.9. The zero-order valence-electron chi connectivity index (χ0n) is 11.5. The van der Waals surface area contributed by atoms with Gasteiger partial charge in [0, 0.05) is 25.3 Å². The Kier molecular flexibility index (Phi) is 4.00. The number of fused-ring (bicyclic) bond motifs is 1. The topological polar surface area (TPSA) is 53.0 Å². The number of amides is 1. The van der Waals surface area contributed by atoms with Gasteiger partial charge in [-0.3, -0.25) is 9.69 Å². The number of nitrogens with zero attached hydrogens (tertiary/aromatic N) is 2. The van der Waals surface area contributed by atoms with Crippen molar-refractivity contribution in [3.8, 4) is 0 Å². The van der Waals surface area contributed by atoms with Crippen LogP contribution in [0.3, 0.4) is 0 Å². The van der Waals surface area contributed by atoms with Crippen LogP contribution >= 0.6 is 0 Å². The van der Waals surface area contributed by atoms with E-state index in [0.29, 0.717) is 19.7 Å². The first-order chi connectivity index (χ1) is 9.78. The molecule has 1 aromatic rings. The van der Waals surface area contributed by atoms with E-state index in [-0.39, 0.29) is 18.6 Å². The maximum Gasteiger partial charge on any atom is 0.241 e. The average Bonchev–Trinajstić information content (AvgIpc) is 2.91. The Bertz CT molecular complexity index is 492. The fourth-order valence-electron chi connectivity index (χ4n) is 2.91. The number of benzene rings is 1. The van der Waals surface area contributed by atoms with Crippen LogP contribution < -0.4 is 4.90 Å². The van der Waals surface area contributed by atoms with Crippen molar-refractivity contribution in [2.75, 3.05) is 44.3 Å². The first kappa shape index (κ1) is 13.5. The summed E-state index contributed by atoms with van der Waals surface area (Å²) in [7, 11) is 0. The molecule has 2 aliphatic rings. The van der Waals surface area contributed by atoms with Gasteiger partial charge in [-0.1, -0.05) is 18.2 Å². The van der Waals surface area contributed by atoms with E-state index in [1.807, 2.05) is 23.1 Å². The molecule has 1 amide bonds. The number of hydrogen-bond donors (Lipinski definition) is 1. The zero-order valence-corrected chi connectivity index (χ0v) is 11.5. The summed E-state index contributed by atoms with van der Waals surface area (Å²) < 4.78 is 5.40. The molecule has 0 spiro atoms. The first-order valence-electron chi connectivity index (χ1n) is 7.11. The summed E-state index contributed by atoms with van der Waals surface area (Å²) in [5, 5.41) is 9.14. The number of rotatable bonds is 3. The number of anilines is 1. The van der Waals surface area contributed by atoms with E-state index in [1.165, 1.54) is 5.56 Å². The maximum atomic E-state index is 12.5. The van der Waals surface area contributed by atoms with E-state index in [0.717, 1.165) is 25.2 Å². The third-order valence-corrected chi connectivity index (χ3v) is 3.97. The van der Waals surface area contributed by atoms with E-state index < -0.39 is 0 Å². The van der Waals surface area contributed by atoms with Gasteiger partial charge < -0.3 is 14.7 Å². The van der Waals surface area contributed by atoms with Crippen molar-refractivity contribution in [2.45, 2.75) is 12.5 Å². The highest BCUT2D eigenvalue weighted by Crippen LogP contribution is 2.27. The van der Waals surface area contributed by atoms with Gasteiger partial charge in [-0.25, -0.2) is 0 Å². The minimum atomic E-state index is -0.164. The summed E-state index contributed by atoms with van der Waals surface area (Å²) in [5.74, 6) is 0.133. The summed E-state index contributed by atoms with van der Waals surface area (Å²) in [6.45, 7) is 3.13. The second-order valence-corrected chi connectivity index (χ2v) is 5.33. The van der Waals surface area contributed by atoms with Crippen molar-refractivity contribution in [2.24, 2.45) is 0 Å². The van der Waals surface area contributed by atoms with Gasteiger partial charge in [-0.15, -0.1) is 0 Å². The lowest BCUT2D eigenvalue weighted by atomic mass is 10.2. The fourth-order valence-corrected chi connectivity index (χ4v) is 2.91. The summed E-state index contributed by atoms with van der Waals surface area (Å²) in [5.41, 5.74) is 2.29. The van der Waals surface area contributed by atoms with Crippen molar-refractivity contribution in [1.29, 1.82) is 0 Å². The third-order valence-electron chi connectivity index (χ3n) is 3.97. The molecular weight excluding hydrogens is 256 g/mol. The molecule has 5 heteroatoms. The van der Waals surface area contributed by atoms with Crippen LogP contribution in [0, 0.1) is 0 Å². The summed E-state index contributed by atoms with van der Waals surface area (Å²) in [4.78, 5) is 16.4. The number of carbonyl (C=O) groups is 1. The Morgan fingerprint density at radius 1 is 1.35 bits per heavy atom. The number of carbonyl (C=O) groups excluding carboxylic acids is 1. The molecule has 1 saturated heterocycles. The van der Waals surface area contributed by atoms with Crippen LogP contribution in [0.2, 0.25) is 0 Å². The van der Waals surface area contributed by atoms with Gasteiger partial charge >= 0.3 is 0 Å². The van der Waals surface area contributed by atoms with Gasteiger partial charge in [0.15, 0.2) is 0 Å². The molecule has 1 aromatic carbocycles. The zero-order chi connectivity index (χ0) is 13.9. The number of aliphatic hydroxyl groups is 1. The predicted octanol–water partition coefficient (Wildman–Crippen LogP) is 0.269. The van der Waals surface area contributed by atoms with E-state index in [4.69, 9.17) is 9.84 Å². The van der Waals surface area contributed by atoms with Crippen molar-refractivity contribution in [1.82, 2.24) is 4.90 Å².